The van der Waals surface area contributed by atoms with Crippen molar-refractivity contribution in [2.45, 2.75) is 33.4 Å². The summed E-state index contributed by atoms with van der Waals surface area (Å²) in [6, 6.07) is 11.6. The Morgan fingerprint density at radius 1 is 1.00 bits per heavy atom. The van der Waals surface area contributed by atoms with E-state index in [9.17, 15) is 4.79 Å². The van der Waals surface area contributed by atoms with Crippen molar-refractivity contribution < 1.29 is 4.42 Å². The summed E-state index contributed by atoms with van der Waals surface area (Å²) in [5.41, 5.74) is 12.7. The van der Waals surface area contributed by atoms with Crippen LogP contribution in [0.3, 0.4) is 0 Å². The highest BCUT2D eigenvalue weighted by Gasteiger charge is 2.09. The number of hydrogen-bond acceptors (Lipinski definition) is 4. The van der Waals surface area contributed by atoms with Crippen molar-refractivity contribution in [3.8, 4) is 0 Å². The fourth-order valence-corrected chi connectivity index (χ4v) is 3.64. The zero-order chi connectivity index (χ0) is 18.8. The number of hydrogen-bond donors (Lipinski definition) is 1. The molecule has 4 nitrogen and oxygen atoms in total. The van der Waals surface area contributed by atoms with Gasteiger partial charge in [0.15, 0.2) is 5.17 Å². The van der Waals surface area contributed by atoms with Gasteiger partial charge in [-0.05, 0) is 79.8 Å². The van der Waals surface area contributed by atoms with Gasteiger partial charge >= 0.3 is 5.63 Å². The van der Waals surface area contributed by atoms with E-state index < -0.39 is 0 Å². The van der Waals surface area contributed by atoms with Crippen molar-refractivity contribution in [1.29, 1.82) is 0 Å². The van der Waals surface area contributed by atoms with Crippen LogP contribution in [0.25, 0.3) is 11.0 Å². The van der Waals surface area contributed by atoms with Crippen molar-refractivity contribution >= 4 is 33.6 Å². The Kier molecular flexibility index (Phi) is 5.18. The van der Waals surface area contributed by atoms with Crippen molar-refractivity contribution in [3.05, 3.63) is 74.6 Å². The molecule has 0 amide bonds. The lowest BCUT2D eigenvalue weighted by atomic mass is 10.0. The number of benzene rings is 2. The number of nitrogens with two attached hydrogens (primary N) is 1. The van der Waals surface area contributed by atoms with Gasteiger partial charge in [-0.25, -0.2) is 9.79 Å². The lowest BCUT2D eigenvalue weighted by Gasteiger charge is -2.08. The van der Waals surface area contributed by atoms with E-state index in [4.69, 9.17) is 10.2 Å². The van der Waals surface area contributed by atoms with Crippen LogP contribution in [0.1, 0.15) is 27.8 Å². The van der Waals surface area contributed by atoms with Gasteiger partial charge in [0.25, 0.3) is 0 Å². The van der Waals surface area contributed by atoms with Crippen molar-refractivity contribution in [2.75, 3.05) is 0 Å². The molecule has 0 spiro atoms. The van der Waals surface area contributed by atoms with Crippen molar-refractivity contribution in [2.24, 2.45) is 10.7 Å². The second-order valence-electron chi connectivity index (χ2n) is 6.61. The number of fused-ring (bicyclic) bond motifs is 1. The Balaban J connectivity index is 1.88. The number of rotatable bonds is 3. The molecular formula is C21H22N2O2S. The van der Waals surface area contributed by atoms with Crippen molar-refractivity contribution in [3.63, 3.8) is 0 Å². The van der Waals surface area contributed by atoms with E-state index in [1.807, 2.05) is 45.9 Å². The Labute approximate surface area is 157 Å². The number of aryl methyl sites for hydroxylation is 4. The van der Waals surface area contributed by atoms with E-state index in [1.165, 1.54) is 17.8 Å². The molecule has 0 atom stereocenters. The third kappa shape index (κ3) is 4.17. The summed E-state index contributed by atoms with van der Waals surface area (Å²) >= 11 is 1.42. The van der Waals surface area contributed by atoms with Crippen molar-refractivity contribution in [1.82, 2.24) is 0 Å². The molecule has 3 aromatic rings. The summed E-state index contributed by atoms with van der Waals surface area (Å²) in [6.07, 6.45) is 0. The molecule has 1 heterocycles. The van der Waals surface area contributed by atoms with Gasteiger partial charge in [-0.3, -0.25) is 0 Å². The molecule has 0 saturated heterocycles. The second-order valence-corrected chi connectivity index (χ2v) is 7.60. The van der Waals surface area contributed by atoms with E-state index >= 15 is 0 Å². The summed E-state index contributed by atoms with van der Waals surface area (Å²) in [5, 5.41) is 1.42. The fraction of sp³-hybridized carbons (Fsp3) is 0.238. The molecular weight excluding hydrogens is 344 g/mol. The fourth-order valence-electron chi connectivity index (χ4n) is 2.93. The molecule has 0 saturated carbocycles. The number of aliphatic imine (C=N–C) groups is 1. The average molecular weight is 366 g/mol. The standard InChI is InChI=1S/C21H22N2O2S/c1-12-5-13(2)7-17(6-12)23-21(22)26-11-16-10-20(24)25-19-9-15(4)14(3)8-18(16)19/h5-10H,11H2,1-4H3,(H2,22,23). The smallest absolute Gasteiger partial charge is 0.336 e. The Hall–Kier alpha value is -2.53. The molecule has 0 unspecified atom stereocenters. The minimum Gasteiger partial charge on any atom is -0.423 e. The van der Waals surface area contributed by atoms with Crippen LogP contribution in [-0.2, 0) is 5.75 Å². The average Bonchev–Trinajstić information content (AvgIpc) is 2.53. The van der Waals surface area contributed by atoms with Gasteiger partial charge in [-0.1, -0.05) is 17.8 Å². The first-order valence-corrected chi connectivity index (χ1v) is 9.39. The zero-order valence-corrected chi connectivity index (χ0v) is 16.2. The molecule has 0 aliphatic heterocycles. The van der Waals surface area contributed by atoms with Gasteiger partial charge in [0.1, 0.15) is 5.58 Å². The van der Waals surface area contributed by atoms with Crippen LogP contribution >= 0.6 is 11.8 Å². The Morgan fingerprint density at radius 2 is 1.65 bits per heavy atom. The first kappa shape index (κ1) is 18.3. The van der Waals surface area contributed by atoms with Crippen LogP contribution < -0.4 is 11.4 Å². The van der Waals surface area contributed by atoms with E-state index in [0.717, 1.165) is 38.9 Å². The van der Waals surface area contributed by atoms with Crippen LogP contribution in [0, 0.1) is 27.7 Å². The van der Waals surface area contributed by atoms with Crippen LogP contribution in [0.15, 0.2) is 50.6 Å². The normalized spacial score (nSPS) is 11.9. The summed E-state index contributed by atoms with van der Waals surface area (Å²) in [6.45, 7) is 8.13. The molecule has 3 rings (SSSR count). The van der Waals surface area contributed by atoms with Crippen LogP contribution in [0.5, 0.6) is 0 Å². The first-order chi connectivity index (χ1) is 12.3. The lowest BCUT2D eigenvalue weighted by Crippen LogP contribution is -2.07. The van der Waals surface area contributed by atoms with Crippen LogP contribution in [-0.4, -0.2) is 5.17 Å². The zero-order valence-electron chi connectivity index (χ0n) is 15.4. The Morgan fingerprint density at radius 3 is 2.35 bits per heavy atom. The monoisotopic (exact) mass is 366 g/mol. The maximum absolute atomic E-state index is 11.9. The van der Waals surface area contributed by atoms with Gasteiger partial charge in [-0.2, -0.15) is 0 Å². The number of thioether (sulfide) groups is 1. The molecule has 0 bridgehead atoms. The van der Waals surface area contributed by atoms with Gasteiger partial charge < -0.3 is 10.2 Å². The molecule has 0 radical (unpaired) electrons. The van der Waals surface area contributed by atoms with E-state index in [0.29, 0.717) is 16.5 Å². The van der Waals surface area contributed by atoms with Gasteiger partial charge in [0.05, 0.1) is 5.69 Å². The SMILES string of the molecule is Cc1cc(C)cc(N=C(N)SCc2cc(=O)oc3cc(C)c(C)cc23)c1. The number of nitrogens with zero attached hydrogens (tertiary/aromatic N) is 1. The van der Waals surface area contributed by atoms with E-state index in [-0.39, 0.29) is 5.63 Å². The molecule has 0 aliphatic rings. The molecule has 26 heavy (non-hydrogen) atoms. The predicted octanol–water partition coefficient (Wildman–Crippen LogP) is 4.91. The third-order valence-electron chi connectivity index (χ3n) is 4.27. The molecule has 134 valence electrons. The molecule has 0 aliphatic carbocycles. The minimum atomic E-state index is -0.346. The Bertz CT molecular complexity index is 1050. The van der Waals surface area contributed by atoms with Crippen LogP contribution in [0.4, 0.5) is 5.69 Å². The predicted molar refractivity (Wildman–Crippen MR) is 110 cm³/mol. The van der Waals surface area contributed by atoms with E-state index in [1.54, 1.807) is 0 Å². The van der Waals surface area contributed by atoms with Gasteiger partial charge in [0.2, 0.25) is 0 Å². The highest BCUT2D eigenvalue weighted by Crippen LogP contribution is 2.25. The van der Waals surface area contributed by atoms with Crippen LogP contribution in [0.2, 0.25) is 0 Å². The molecule has 2 N–H and O–H groups in total. The molecule has 0 fully saturated rings. The topological polar surface area (TPSA) is 68.6 Å². The summed E-state index contributed by atoms with van der Waals surface area (Å²) in [7, 11) is 0. The van der Waals surface area contributed by atoms with E-state index in [2.05, 4.69) is 17.1 Å². The maximum Gasteiger partial charge on any atom is 0.336 e. The lowest BCUT2D eigenvalue weighted by molar-refractivity contribution is 0.559. The second kappa shape index (κ2) is 7.38. The maximum atomic E-state index is 11.9. The summed E-state index contributed by atoms with van der Waals surface area (Å²) < 4.78 is 5.34. The molecule has 2 aromatic carbocycles. The first-order valence-electron chi connectivity index (χ1n) is 8.41. The highest BCUT2D eigenvalue weighted by molar-refractivity contribution is 8.13. The summed E-state index contributed by atoms with van der Waals surface area (Å²) in [4.78, 5) is 16.4. The van der Waals surface area contributed by atoms with Gasteiger partial charge in [0, 0.05) is 17.2 Å². The molecule has 5 heteroatoms. The summed E-state index contributed by atoms with van der Waals surface area (Å²) in [5.74, 6) is 0.560. The minimum absolute atomic E-state index is 0.346. The number of amidine groups is 1. The highest BCUT2D eigenvalue weighted by atomic mass is 32.2. The quantitative estimate of drug-likeness (QED) is 0.406. The van der Waals surface area contributed by atoms with Gasteiger partial charge in [-0.15, -0.1) is 0 Å². The largest absolute Gasteiger partial charge is 0.423 e. The molecule has 1 aromatic heterocycles. The third-order valence-corrected chi connectivity index (χ3v) is 5.11.